The quantitative estimate of drug-likeness (QED) is 0.847. The average molecular weight is 252 g/mol. The van der Waals surface area contributed by atoms with Crippen molar-refractivity contribution in [1.82, 2.24) is 10.2 Å². The lowest BCUT2D eigenvalue weighted by Crippen LogP contribution is -2.07. The molecule has 0 amide bonds. The van der Waals surface area contributed by atoms with Crippen molar-refractivity contribution in [2.75, 3.05) is 0 Å². The number of aliphatic carboxylic acids is 1. The van der Waals surface area contributed by atoms with Gasteiger partial charge < -0.3 is 5.11 Å². The largest absolute Gasteiger partial charge is 0.480 e. The molecular weight excluding hydrogens is 244 g/mol. The summed E-state index contributed by atoms with van der Waals surface area (Å²) in [5.74, 6) is -0.869. The van der Waals surface area contributed by atoms with Crippen LogP contribution in [-0.4, -0.2) is 21.3 Å². The Labute approximate surface area is 100 Å². The Balaban J connectivity index is 2.22. The van der Waals surface area contributed by atoms with Crippen LogP contribution >= 0.6 is 23.1 Å². The highest BCUT2D eigenvalue weighted by Crippen LogP contribution is 2.35. The van der Waals surface area contributed by atoms with Gasteiger partial charge in [0.2, 0.25) is 0 Å². The van der Waals surface area contributed by atoms with E-state index in [0.29, 0.717) is 4.34 Å². The highest BCUT2D eigenvalue weighted by atomic mass is 32.2. The number of thioether (sulfide) groups is 1. The summed E-state index contributed by atoms with van der Waals surface area (Å²) >= 11 is 2.54. The Bertz CT molecular complexity index is 459. The molecule has 82 valence electrons. The second kappa shape index (κ2) is 5.09. The molecule has 1 aromatic carbocycles. The summed E-state index contributed by atoms with van der Waals surface area (Å²) in [5, 5.41) is 16.0. The molecule has 0 bridgehead atoms. The van der Waals surface area contributed by atoms with E-state index in [-0.39, 0.29) is 0 Å². The van der Waals surface area contributed by atoms with Gasteiger partial charge in [-0.2, -0.15) is 0 Å². The van der Waals surface area contributed by atoms with Crippen molar-refractivity contribution in [1.29, 1.82) is 0 Å². The van der Waals surface area contributed by atoms with E-state index in [2.05, 4.69) is 10.2 Å². The predicted octanol–water partition coefficient (Wildman–Crippen LogP) is 2.46. The minimum absolute atomic E-state index is 0.630. The molecule has 0 aliphatic carbocycles. The van der Waals surface area contributed by atoms with Crippen LogP contribution in [0.4, 0.5) is 0 Å². The Kier molecular flexibility index (Phi) is 3.53. The van der Waals surface area contributed by atoms with Crippen LogP contribution in [0.25, 0.3) is 0 Å². The zero-order valence-corrected chi connectivity index (χ0v) is 9.74. The van der Waals surface area contributed by atoms with Crippen LogP contribution in [-0.2, 0) is 4.79 Å². The Morgan fingerprint density at radius 1 is 1.38 bits per heavy atom. The van der Waals surface area contributed by atoms with Crippen LogP contribution in [0.2, 0.25) is 0 Å². The van der Waals surface area contributed by atoms with Gasteiger partial charge in [0.05, 0.1) is 0 Å². The van der Waals surface area contributed by atoms with Gasteiger partial charge in [0.25, 0.3) is 0 Å². The highest BCUT2D eigenvalue weighted by molar-refractivity contribution is 8.01. The molecule has 1 heterocycles. The second-order valence-electron chi connectivity index (χ2n) is 2.95. The molecule has 6 heteroatoms. The van der Waals surface area contributed by atoms with Gasteiger partial charge in [0.1, 0.15) is 10.8 Å². The molecule has 1 atom stereocenters. The fourth-order valence-electron chi connectivity index (χ4n) is 1.20. The lowest BCUT2D eigenvalue weighted by molar-refractivity contribution is -0.136. The predicted molar refractivity (Wildman–Crippen MR) is 62.6 cm³/mol. The van der Waals surface area contributed by atoms with Gasteiger partial charge in [-0.05, 0) is 5.56 Å². The summed E-state index contributed by atoms with van der Waals surface area (Å²) < 4.78 is 0.663. The number of hydrogen-bond donors (Lipinski definition) is 1. The minimum Gasteiger partial charge on any atom is -0.480 e. The fourth-order valence-corrected chi connectivity index (χ4v) is 2.81. The summed E-state index contributed by atoms with van der Waals surface area (Å²) in [4.78, 5) is 11.2. The van der Waals surface area contributed by atoms with Gasteiger partial charge in [0, 0.05) is 0 Å². The normalized spacial score (nSPS) is 12.2. The third kappa shape index (κ3) is 2.59. The van der Waals surface area contributed by atoms with E-state index in [9.17, 15) is 4.79 Å². The van der Waals surface area contributed by atoms with E-state index < -0.39 is 11.2 Å². The minimum atomic E-state index is -0.869. The maximum atomic E-state index is 11.2. The van der Waals surface area contributed by atoms with E-state index >= 15 is 0 Å². The van der Waals surface area contributed by atoms with Crippen molar-refractivity contribution in [3.05, 3.63) is 41.4 Å². The van der Waals surface area contributed by atoms with E-state index in [4.69, 9.17) is 5.11 Å². The van der Waals surface area contributed by atoms with E-state index in [1.165, 1.54) is 23.1 Å². The van der Waals surface area contributed by atoms with Crippen LogP contribution in [0.5, 0.6) is 0 Å². The molecule has 0 fully saturated rings. The maximum Gasteiger partial charge on any atom is 0.321 e. The third-order valence-corrected chi connectivity index (χ3v) is 3.94. The zero-order chi connectivity index (χ0) is 11.4. The molecule has 0 saturated carbocycles. The van der Waals surface area contributed by atoms with Crippen molar-refractivity contribution < 1.29 is 9.90 Å². The summed E-state index contributed by atoms with van der Waals surface area (Å²) in [5.41, 5.74) is 2.35. The van der Waals surface area contributed by atoms with Crippen molar-refractivity contribution in [2.24, 2.45) is 0 Å². The molecule has 2 aromatic rings. The number of benzene rings is 1. The number of aromatic nitrogens is 2. The average Bonchev–Trinajstić information content (AvgIpc) is 2.79. The van der Waals surface area contributed by atoms with Gasteiger partial charge in [-0.25, -0.2) is 0 Å². The first-order valence-corrected chi connectivity index (χ1v) is 6.24. The van der Waals surface area contributed by atoms with E-state index in [1.54, 1.807) is 17.6 Å². The van der Waals surface area contributed by atoms with Crippen molar-refractivity contribution >= 4 is 29.1 Å². The van der Waals surface area contributed by atoms with Gasteiger partial charge in [-0.15, -0.1) is 10.2 Å². The first kappa shape index (κ1) is 11.1. The first-order chi connectivity index (χ1) is 7.77. The molecule has 0 aliphatic rings. The van der Waals surface area contributed by atoms with Gasteiger partial charge in [-0.1, -0.05) is 53.4 Å². The third-order valence-electron chi connectivity index (χ3n) is 1.89. The standard InChI is InChI=1S/C10H8N2O2S2/c13-9(14)8(7-4-2-1-3-5-7)16-10-12-11-6-15-10/h1-6,8H,(H,13,14). The molecule has 4 nitrogen and oxygen atoms in total. The molecule has 0 aliphatic heterocycles. The molecular formula is C10H8N2O2S2. The van der Waals surface area contributed by atoms with Crippen LogP contribution in [0.15, 0.2) is 40.2 Å². The Hall–Kier alpha value is -1.40. The lowest BCUT2D eigenvalue weighted by Gasteiger charge is -2.09. The van der Waals surface area contributed by atoms with Crippen LogP contribution < -0.4 is 0 Å². The van der Waals surface area contributed by atoms with E-state index in [1.807, 2.05) is 18.2 Å². The van der Waals surface area contributed by atoms with Crippen molar-refractivity contribution in [3.8, 4) is 0 Å². The SMILES string of the molecule is O=C(O)C(Sc1nncs1)c1ccccc1. The van der Waals surface area contributed by atoms with Crippen LogP contribution in [0.1, 0.15) is 10.8 Å². The molecule has 0 spiro atoms. The zero-order valence-electron chi connectivity index (χ0n) is 8.11. The fraction of sp³-hybridized carbons (Fsp3) is 0.100. The highest BCUT2D eigenvalue weighted by Gasteiger charge is 2.22. The Morgan fingerprint density at radius 3 is 2.69 bits per heavy atom. The first-order valence-electron chi connectivity index (χ1n) is 4.48. The summed E-state index contributed by atoms with van der Waals surface area (Å²) in [6.45, 7) is 0. The molecule has 0 saturated heterocycles. The number of hydrogen-bond acceptors (Lipinski definition) is 5. The van der Waals surface area contributed by atoms with Crippen molar-refractivity contribution in [2.45, 2.75) is 9.59 Å². The summed E-state index contributed by atoms with van der Waals surface area (Å²) in [6.07, 6.45) is 0. The topological polar surface area (TPSA) is 63.1 Å². The Morgan fingerprint density at radius 2 is 2.12 bits per heavy atom. The maximum absolute atomic E-state index is 11.2. The number of nitrogens with zero attached hydrogens (tertiary/aromatic N) is 2. The summed E-state index contributed by atoms with van der Waals surface area (Å²) in [7, 11) is 0. The van der Waals surface area contributed by atoms with Gasteiger partial charge in [0.15, 0.2) is 4.34 Å². The lowest BCUT2D eigenvalue weighted by atomic mass is 10.1. The molecule has 1 unspecified atom stereocenters. The van der Waals surface area contributed by atoms with Gasteiger partial charge in [-0.3, -0.25) is 4.79 Å². The molecule has 0 radical (unpaired) electrons. The molecule has 16 heavy (non-hydrogen) atoms. The smallest absolute Gasteiger partial charge is 0.321 e. The number of carboxylic acid groups (broad SMARTS) is 1. The molecule has 1 N–H and O–H groups in total. The van der Waals surface area contributed by atoms with Gasteiger partial charge >= 0.3 is 5.97 Å². The molecule has 2 rings (SSSR count). The number of rotatable bonds is 4. The van der Waals surface area contributed by atoms with E-state index in [0.717, 1.165) is 5.56 Å². The summed E-state index contributed by atoms with van der Waals surface area (Å²) in [6, 6.07) is 9.11. The van der Waals surface area contributed by atoms with Crippen molar-refractivity contribution in [3.63, 3.8) is 0 Å². The second-order valence-corrected chi connectivity index (χ2v) is 5.14. The monoisotopic (exact) mass is 252 g/mol. The number of carbonyl (C=O) groups is 1. The molecule has 1 aromatic heterocycles. The number of carboxylic acids is 1. The van der Waals surface area contributed by atoms with Crippen LogP contribution in [0, 0.1) is 0 Å². The van der Waals surface area contributed by atoms with Crippen LogP contribution in [0.3, 0.4) is 0 Å².